The van der Waals surface area contributed by atoms with Crippen LogP contribution in [-0.2, 0) is 9.53 Å². The summed E-state index contributed by atoms with van der Waals surface area (Å²) in [4.78, 5) is 11.7. The van der Waals surface area contributed by atoms with E-state index in [1.54, 1.807) is 0 Å². The quantitative estimate of drug-likeness (QED) is 0.743. The molecule has 0 aromatic rings. The number of ether oxygens (including phenoxy) is 1. The highest BCUT2D eigenvalue weighted by molar-refractivity contribution is 7.99. The minimum atomic E-state index is -0.318. The van der Waals surface area contributed by atoms with Gasteiger partial charge in [-0.05, 0) is 43.1 Å². The van der Waals surface area contributed by atoms with E-state index in [0.717, 1.165) is 25.7 Å². The van der Waals surface area contributed by atoms with Crippen LogP contribution < -0.4 is 5.73 Å². The molecule has 0 radical (unpaired) electrons. The molecule has 1 saturated heterocycles. The Balaban J connectivity index is 2.00. The first-order valence-corrected chi connectivity index (χ1v) is 6.78. The zero-order valence-electron chi connectivity index (χ0n) is 9.20. The minimum Gasteiger partial charge on any atom is -0.469 e. The van der Waals surface area contributed by atoms with Crippen molar-refractivity contribution in [2.75, 3.05) is 18.6 Å². The number of carbonyl (C=O) groups is 1. The lowest BCUT2D eigenvalue weighted by Crippen LogP contribution is -2.44. The van der Waals surface area contributed by atoms with Gasteiger partial charge in [-0.25, -0.2) is 0 Å². The lowest BCUT2D eigenvalue weighted by molar-refractivity contribution is -0.148. The first kappa shape index (κ1) is 11.3. The summed E-state index contributed by atoms with van der Waals surface area (Å²) in [5.41, 5.74) is 5.94. The number of thioether (sulfide) groups is 1. The lowest BCUT2D eigenvalue weighted by atomic mass is 9.83. The van der Waals surface area contributed by atoms with Crippen LogP contribution in [0.4, 0.5) is 0 Å². The fourth-order valence-corrected chi connectivity index (χ4v) is 3.68. The van der Waals surface area contributed by atoms with Gasteiger partial charge in [-0.15, -0.1) is 0 Å². The maximum absolute atomic E-state index is 11.7. The van der Waals surface area contributed by atoms with Gasteiger partial charge in [0.05, 0.1) is 12.5 Å². The highest BCUT2D eigenvalue weighted by atomic mass is 32.2. The predicted molar refractivity (Wildman–Crippen MR) is 61.7 cm³/mol. The second-order valence-electron chi connectivity index (χ2n) is 4.62. The molecule has 2 aliphatic rings. The smallest absolute Gasteiger partial charge is 0.313 e. The number of hydrogen-bond acceptors (Lipinski definition) is 4. The number of carbonyl (C=O) groups excluding carboxylic acids is 1. The molecule has 4 heteroatoms. The molecule has 2 rings (SSSR count). The fraction of sp³-hybridized carbons (Fsp3) is 0.909. The molecule has 1 aliphatic heterocycles. The van der Waals surface area contributed by atoms with E-state index >= 15 is 0 Å². The molecule has 2 N–H and O–H groups in total. The summed E-state index contributed by atoms with van der Waals surface area (Å²) < 4.78 is 4.87. The molecular formula is C11H19NO2S. The van der Waals surface area contributed by atoms with Crippen molar-refractivity contribution >= 4 is 17.7 Å². The van der Waals surface area contributed by atoms with Gasteiger partial charge >= 0.3 is 5.97 Å². The molecule has 1 heterocycles. The van der Waals surface area contributed by atoms with Gasteiger partial charge in [0.15, 0.2) is 0 Å². The molecule has 15 heavy (non-hydrogen) atoms. The Morgan fingerprint density at radius 3 is 2.53 bits per heavy atom. The Morgan fingerprint density at radius 1 is 1.47 bits per heavy atom. The Kier molecular flexibility index (Phi) is 3.26. The van der Waals surface area contributed by atoms with E-state index in [-0.39, 0.29) is 17.4 Å². The highest BCUT2D eigenvalue weighted by Gasteiger charge is 2.57. The van der Waals surface area contributed by atoms with Crippen LogP contribution in [0.2, 0.25) is 0 Å². The van der Waals surface area contributed by atoms with Crippen LogP contribution in [0.15, 0.2) is 0 Å². The van der Waals surface area contributed by atoms with E-state index in [4.69, 9.17) is 10.5 Å². The predicted octanol–water partition coefficient (Wildman–Crippen LogP) is 1.41. The van der Waals surface area contributed by atoms with Crippen molar-refractivity contribution in [3.8, 4) is 0 Å². The van der Waals surface area contributed by atoms with E-state index in [0.29, 0.717) is 5.92 Å². The number of hydrogen-bond donors (Lipinski definition) is 1. The molecule has 0 amide bonds. The SMILES string of the molecule is COC(=O)C1(C(N)C2CCSCC2)CC1. The van der Waals surface area contributed by atoms with Crippen molar-refractivity contribution in [2.45, 2.75) is 31.7 Å². The van der Waals surface area contributed by atoms with Gasteiger partial charge in [0.25, 0.3) is 0 Å². The first-order chi connectivity index (χ1) is 7.20. The Labute approximate surface area is 95.1 Å². The van der Waals surface area contributed by atoms with Crippen LogP contribution in [0.3, 0.4) is 0 Å². The Bertz CT molecular complexity index is 247. The van der Waals surface area contributed by atoms with Crippen molar-refractivity contribution < 1.29 is 9.53 Å². The van der Waals surface area contributed by atoms with E-state index in [1.807, 2.05) is 11.8 Å². The van der Waals surface area contributed by atoms with Gasteiger partial charge in [0, 0.05) is 6.04 Å². The van der Waals surface area contributed by atoms with Crippen molar-refractivity contribution in [3.63, 3.8) is 0 Å². The van der Waals surface area contributed by atoms with E-state index in [1.165, 1.54) is 18.6 Å². The van der Waals surface area contributed by atoms with Crippen LogP contribution in [0.1, 0.15) is 25.7 Å². The highest BCUT2D eigenvalue weighted by Crippen LogP contribution is 2.52. The van der Waals surface area contributed by atoms with Crippen molar-refractivity contribution in [1.29, 1.82) is 0 Å². The summed E-state index contributed by atoms with van der Waals surface area (Å²) in [6, 6.07) is 0.0193. The molecule has 86 valence electrons. The Morgan fingerprint density at radius 2 is 2.07 bits per heavy atom. The summed E-state index contributed by atoms with van der Waals surface area (Å²) in [6.45, 7) is 0. The van der Waals surface area contributed by atoms with Gasteiger partial charge in [-0.2, -0.15) is 11.8 Å². The molecular weight excluding hydrogens is 210 g/mol. The third-order valence-electron chi connectivity index (χ3n) is 3.79. The van der Waals surface area contributed by atoms with E-state index in [2.05, 4.69) is 0 Å². The zero-order chi connectivity index (χ0) is 10.9. The first-order valence-electron chi connectivity index (χ1n) is 5.62. The monoisotopic (exact) mass is 229 g/mol. The van der Waals surface area contributed by atoms with Crippen molar-refractivity contribution in [2.24, 2.45) is 17.1 Å². The van der Waals surface area contributed by atoms with E-state index < -0.39 is 0 Å². The maximum atomic E-state index is 11.7. The molecule has 3 nitrogen and oxygen atoms in total. The van der Waals surface area contributed by atoms with Crippen LogP contribution in [0, 0.1) is 11.3 Å². The third-order valence-corrected chi connectivity index (χ3v) is 4.84. The normalized spacial score (nSPS) is 27.1. The van der Waals surface area contributed by atoms with Gasteiger partial charge < -0.3 is 10.5 Å². The summed E-state index contributed by atoms with van der Waals surface area (Å²) in [5.74, 6) is 2.81. The van der Waals surface area contributed by atoms with Gasteiger partial charge in [0.2, 0.25) is 0 Å². The summed E-state index contributed by atoms with van der Waals surface area (Å²) in [5, 5.41) is 0. The molecule has 2 fully saturated rings. The average molecular weight is 229 g/mol. The third kappa shape index (κ3) is 2.02. The molecule has 0 bridgehead atoms. The molecule has 1 aliphatic carbocycles. The minimum absolute atomic E-state index is 0.0193. The topological polar surface area (TPSA) is 52.3 Å². The standard InChI is InChI=1S/C11H19NO2S/c1-14-10(13)11(4-5-11)9(12)8-2-6-15-7-3-8/h8-9H,2-7,12H2,1H3. The van der Waals surface area contributed by atoms with Crippen LogP contribution in [0.25, 0.3) is 0 Å². The molecule has 1 unspecified atom stereocenters. The number of nitrogens with two attached hydrogens (primary N) is 1. The Hall–Kier alpha value is -0.220. The number of esters is 1. The lowest BCUT2D eigenvalue weighted by Gasteiger charge is -2.31. The average Bonchev–Trinajstić information content (AvgIpc) is 3.09. The maximum Gasteiger partial charge on any atom is 0.313 e. The molecule has 1 saturated carbocycles. The summed E-state index contributed by atoms with van der Waals surface area (Å²) >= 11 is 1.99. The van der Waals surface area contributed by atoms with Crippen LogP contribution in [0.5, 0.6) is 0 Å². The van der Waals surface area contributed by atoms with Gasteiger partial charge in [-0.1, -0.05) is 0 Å². The van der Waals surface area contributed by atoms with Gasteiger partial charge in [-0.3, -0.25) is 4.79 Å². The molecule has 0 spiro atoms. The zero-order valence-corrected chi connectivity index (χ0v) is 10.0. The summed E-state index contributed by atoms with van der Waals surface area (Å²) in [7, 11) is 1.46. The number of methoxy groups -OCH3 is 1. The largest absolute Gasteiger partial charge is 0.469 e. The van der Waals surface area contributed by atoms with Crippen LogP contribution >= 0.6 is 11.8 Å². The van der Waals surface area contributed by atoms with Crippen molar-refractivity contribution in [3.05, 3.63) is 0 Å². The van der Waals surface area contributed by atoms with Crippen LogP contribution in [-0.4, -0.2) is 30.6 Å². The second kappa shape index (κ2) is 4.34. The number of rotatable bonds is 3. The van der Waals surface area contributed by atoms with Gasteiger partial charge in [0.1, 0.15) is 0 Å². The summed E-state index contributed by atoms with van der Waals surface area (Å²) in [6.07, 6.45) is 4.16. The molecule has 1 atom stereocenters. The second-order valence-corrected chi connectivity index (χ2v) is 5.85. The van der Waals surface area contributed by atoms with E-state index in [9.17, 15) is 4.79 Å². The molecule has 0 aromatic carbocycles. The fourth-order valence-electron chi connectivity index (χ4n) is 2.54. The van der Waals surface area contributed by atoms with Crippen molar-refractivity contribution in [1.82, 2.24) is 0 Å². The molecule has 0 aromatic heterocycles.